The first-order chi connectivity index (χ1) is 7.33. The molecule has 1 rings (SSSR count). The van der Waals surface area contributed by atoms with Crippen LogP contribution in [0.4, 0.5) is 0 Å². The van der Waals surface area contributed by atoms with Gasteiger partial charge in [-0.15, -0.1) is 0 Å². The van der Waals surface area contributed by atoms with E-state index in [1.54, 1.807) is 6.08 Å². The Balaban J connectivity index is 2.98. The fourth-order valence-electron chi connectivity index (χ4n) is 2.21. The van der Waals surface area contributed by atoms with Gasteiger partial charge in [-0.2, -0.15) is 0 Å². The average Bonchev–Trinajstić information content (AvgIpc) is 2.22. The zero-order valence-electron chi connectivity index (χ0n) is 10.5. The lowest BCUT2D eigenvalue weighted by atomic mass is 9.58. The number of esters is 1. The lowest BCUT2D eigenvalue weighted by molar-refractivity contribution is -0.135. The van der Waals surface area contributed by atoms with Crippen molar-refractivity contribution in [2.45, 2.75) is 40.0 Å². The Morgan fingerprint density at radius 1 is 1.38 bits per heavy atom. The second-order valence-corrected chi connectivity index (χ2v) is 5.22. The van der Waals surface area contributed by atoms with Gasteiger partial charge in [-0.1, -0.05) is 19.9 Å². The molecule has 0 aromatic carbocycles. The topological polar surface area (TPSA) is 43.4 Å². The first-order valence-corrected chi connectivity index (χ1v) is 5.64. The van der Waals surface area contributed by atoms with E-state index >= 15 is 0 Å². The molecule has 0 heterocycles. The van der Waals surface area contributed by atoms with Crippen molar-refractivity contribution in [3.63, 3.8) is 0 Å². The predicted octanol–water partition coefficient (Wildman–Crippen LogP) is 2.50. The molecular weight excluding hydrogens is 204 g/mol. The summed E-state index contributed by atoms with van der Waals surface area (Å²) < 4.78 is 4.55. The van der Waals surface area contributed by atoms with Crippen molar-refractivity contribution in [3.8, 4) is 0 Å². The summed E-state index contributed by atoms with van der Waals surface area (Å²) in [4.78, 5) is 23.1. The summed E-state index contributed by atoms with van der Waals surface area (Å²) in [5.41, 5.74) is -0.660. The number of Topliss-reactive ketones (excluding diaryl/α,β-unsaturated/α-hetero) is 1. The van der Waals surface area contributed by atoms with E-state index in [-0.39, 0.29) is 11.2 Å². The summed E-state index contributed by atoms with van der Waals surface area (Å²) in [6.07, 6.45) is 5.62. The van der Waals surface area contributed by atoms with Crippen LogP contribution in [0.3, 0.4) is 0 Å². The Labute approximate surface area is 96.9 Å². The first-order valence-electron chi connectivity index (χ1n) is 5.64. The Morgan fingerprint density at radius 3 is 2.50 bits per heavy atom. The van der Waals surface area contributed by atoms with Crippen molar-refractivity contribution < 1.29 is 14.3 Å². The van der Waals surface area contributed by atoms with Gasteiger partial charge in [0.1, 0.15) is 5.78 Å². The molecule has 0 bridgehead atoms. The van der Waals surface area contributed by atoms with Crippen LogP contribution in [0, 0.1) is 10.8 Å². The molecule has 0 N–H and O–H groups in total. The molecule has 16 heavy (non-hydrogen) atoms. The lowest BCUT2D eigenvalue weighted by Crippen LogP contribution is -2.44. The van der Waals surface area contributed by atoms with E-state index in [0.717, 1.165) is 12.8 Å². The normalized spacial score (nSPS) is 29.4. The molecule has 0 amide bonds. The van der Waals surface area contributed by atoms with Crippen molar-refractivity contribution in [2.75, 3.05) is 7.11 Å². The number of ketones is 1. The largest absolute Gasteiger partial charge is 0.466 e. The monoisotopic (exact) mass is 224 g/mol. The number of ether oxygens (including phenoxy) is 1. The van der Waals surface area contributed by atoms with Crippen LogP contribution in [0.15, 0.2) is 12.2 Å². The quantitative estimate of drug-likeness (QED) is 0.534. The van der Waals surface area contributed by atoms with E-state index in [2.05, 4.69) is 18.6 Å². The number of methoxy groups -OCH3 is 1. The number of carbonyl (C=O) groups excluding carboxylic acids is 2. The van der Waals surface area contributed by atoms with Crippen LogP contribution < -0.4 is 0 Å². The molecule has 3 nitrogen and oxygen atoms in total. The van der Waals surface area contributed by atoms with Gasteiger partial charge in [0, 0.05) is 17.9 Å². The summed E-state index contributed by atoms with van der Waals surface area (Å²) in [5.74, 6) is -0.195. The van der Waals surface area contributed by atoms with Crippen molar-refractivity contribution in [1.29, 1.82) is 0 Å². The predicted molar refractivity (Wildman–Crippen MR) is 61.9 cm³/mol. The molecule has 1 saturated carbocycles. The Bertz CT molecular complexity index is 328. The highest BCUT2D eigenvalue weighted by molar-refractivity contribution is 5.90. The summed E-state index contributed by atoms with van der Waals surface area (Å²) in [5, 5.41) is 0. The minimum absolute atomic E-state index is 0.104. The maximum absolute atomic E-state index is 12.0. The van der Waals surface area contributed by atoms with Gasteiger partial charge in [-0.05, 0) is 25.2 Å². The molecule has 1 atom stereocenters. The second kappa shape index (κ2) is 4.40. The van der Waals surface area contributed by atoms with Crippen LogP contribution in [0.5, 0.6) is 0 Å². The molecule has 3 heteroatoms. The number of hydrogen-bond acceptors (Lipinski definition) is 3. The van der Waals surface area contributed by atoms with E-state index in [4.69, 9.17) is 0 Å². The molecule has 0 aromatic heterocycles. The molecule has 0 aliphatic heterocycles. The van der Waals surface area contributed by atoms with Crippen molar-refractivity contribution in [2.24, 2.45) is 10.8 Å². The molecule has 0 radical (unpaired) electrons. The highest BCUT2D eigenvalue weighted by atomic mass is 16.5. The highest BCUT2D eigenvalue weighted by Gasteiger charge is 2.46. The third-order valence-electron chi connectivity index (χ3n) is 3.94. The zero-order valence-corrected chi connectivity index (χ0v) is 10.5. The van der Waals surface area contributed by atoms with Crippen LogP contribution in [0.1, 0.15) is 40.0 Å². The van der Waals surface area contributed by atoms with Crippen molar-refractivity contribution in [1.82, 2.24) is 0 Å². The van der Waals surface area contributed by atoms with Gasteiger partial charge in [0.15, 0.2) is 0 Å². The van der Waals surface area contributed by atoms with Crippen molar-refractivity contribution in [3.05, 3.63) is 12.2 Å². The van der Waals surface area contributed by atoms with E-state index in [0.29, 0.717) is 6.42 Å². The van der Waals surface area contributed by atoms with Crippen LogP contribution >= 0.6 is 0 Å². The van der Waals surface area contributed by atoms with E-state index in [9.17, 15) is 9.59 Å². The maximum atomic E-state index is 12.0. The van der Waals surface area contributed by atoms with Gasteiger partial charge in [0.2, 0.25) is 0 Å². The highest BCUT2D eigenvalue weighted by Crippen LogP contribution is 2.48. The molecule has 0 saturated heterocycles. The van der Waals surface area contributed by atoms with Gasteiger partial charge in [-0.3, -0.25) is 4.79 Å². The van der Waals surface area contributed by atoms with E-state index < -0.39 is 11.4 Å². The van der Waals surface area contributed by atoms with Gasteiger partial charge < -0.3 is 4.74 Å². The molecule has 1 fully saturated rings. The summed E-state index contributed by atoms with van der Waals surface area (Å²) >= 11 is 0. The molecule has 90 valence electrons. The smallest absolute Gasteiger partial charge is 0.330 e. The Morgan fingerprint density at radius 2 is 2.00 bits per heavy atom. The average molecular weight is 224 g/mol. The van der Waals surface area contributed by atoms with Crippen LogP contribution in [-0.4, -0.2) is 18.9 Å². The molecule has 1 aliphatic rings. The molecular formula is C13H20O3. The van der Waals surface area contributed by atoms with Gasteiger partial charge in [-0.25, -0.2) is 4.79 Å². The molecule has 0 aromatic rings. The van der Waals surface area contributed by atoms with Crippen LogP contribution in [-0.2, 0) is 14.3 Å². The Hall–Kier alpha value is -1.12. The zero-order chi connectivity index (χ0) is 12.4. The molecule has 1 unspecified atom stereocenters. The van der Waals surface area contributed by atoms with Crippen LogP contribution in [0.2, 0.25) is 0 Å². The van der Waals surface area contributed by atoms with E-state index in [1.165, 1.54) is 13.2 Å². The second-order valence-electron chi connectivity index (χ2n) is 5.22. The van der Waals surface area contributed by atoms with Gasteiger partial charge >= 0.3 is 5.97 Å². The minimum atomic E-state index is -0.556. The fraction of sp³-hybridized carbons (Fsp3) is 0.692. The summed E-state index contributed by atoms with van der Waals surface area (Å²) in [6, 6.07) is 0. The van der Waals surface area contributed by atoms with E-state index in [1.807, 2.05) is 6.92 Å². The molecule has 0 spiro atoms. The van der Waals surface area contributed by atoms with Gasteiger partial charge in [0.25, 0.3) is 0 Å². The third-order valence-corrected chi connectivity index (χ3v) is 3.94. The Kier molecular flexibility index (Phi) is 3.56. The number of rotatable bonds is 2. The lowest BCUT2D eigenvalue weighted by Gasteiger charge is -2.44. The van der Waals surface area contributed by atoms with Crippen molar-refractivity contribution >= 4 is 11.8 Å². The molecule has 1 aliphatic carbocycles. The third kappa shape index (κ3) is 2.18. The standard InChI is InChI=1S/C13H20O3/c1-12(2)8-5-6-10(14)13(12,3)9-7-11(15)16-4/h7,9H,5-6,8H2,1-4H3/b9-7-. The minimum Gasteiger partial charge on any atom is -0.466 e. The number of hydrogen-bond donors (Lipinski definition) is 0. The summed E-state index contributed by atoms with van der Waals surface area (Å²) in [6.45, 7) is 6.06. The first kappa shape index (κ1) is 12.9. The van der Waals surface area contributed by atoms with Gasteiger partial charge in [0.05, 0.1) is 7.11 Å². The number of allylic oxidation sites excluding steroid dienone is 1. The maximum Gasteiger partial charge on any atom is 0.330 e. The SMILES string of the molecule is COC(=O)/C=C\C1(C)C(=O)CCCC1(C)C. The van der Waals surface area contributed by atoms with Crippen LogP contribution in [0.25, 0.3) is 0 Å². The summed E-state index contributed by atoms with van der Waals surface area (Å²) in [7, 11) is 1.34. The fourth-order valence-corrected chi connectivity index (χ4v) is 2.21. The number of carbonyl (C=O) groups is 2.